The molecule has 0 fully saturated rings. The minimum Gasteiger partial charge on any atom is -0.462 e. The van der Waals surface area contributed by atoms with Gasteiger partial charge in [-0.25, -0.2) is 4.79 Å². The van der Waals surface area contributed by atoms with Gasteiger partial charge in [-0.3, -0.25) is 9.69 Å². The van der Waals surface area contributed by atoms with Crippen LogP contribution in [0.4, 0.5) is 5.69 Å². The largest absolute Gasteiger partial charge is 0.462 e. The monoisotopic (exact) mass is 571 g/mol. The van der Waals surface area contributed by atoms with Gasteiger partial charge in [0, 0.05) is 27.7 Å². The number of ketones is 1. The van der Waals surface area contributed by atoms with Crippen LogP contribution in [0.25, 0.3) is 11.3 Å². The molecule has 1 aliphatic heterocycles. The van der Waals surface area contributed by atoms with Crippen molar-refractivity contribution in [2.45, 2.75) is 39.0 Å². The van der Waals surface area contributed by atoms with Gasteiger partial charge in [-0.2, -0.15) is 5.26 Å². The molecular weight excluding hydrogens is 546 g/mol. The van der Waals surface area contributed by atoms with Gasteiger partial charge >= 0.3 is 5.97 Å². The number of ether oxygens (including phenoxy) is 1. The van der Waals surface area contributed by atoms with Crippen LogP contribution in [0.15, 0.2) is 86.2 Å². The Hall–Kier alpha value is -4.09. The fraction of sp³-hybridized carbons (Fsp3) is 0.233. The van der Waals surface area contributed by atoms with Gasteiger partial charge in [0.15, 0.2) is 5.78 Å². The number of nitriles is 1. The highest BCUT2D eigenvalue weighted by molar-refractivity contribution is 9.10. The average Bonchev–Trinajstić information content (AvgIpc) is 3.39. The predicted molar refractivity (Wildman–Crippen MR) is 147 cm³/mol. The zero-order chi connectivity index (χ0) is 27.0. The van der Waals surface area contributed by atoms with E-state index in [1.807, 2.05) is 30.0 Å². The first kappa shape index (κ1) is 25.6. The Morgan fingerprint density at radius 3 is 2.63 bits per heavy atom. The van der Waals surface area contributed by atoms with E-state index in [0.29, 0.717) is 54.3 Å². The van der Waals surface area contributed by atoms with E-state index in [2.05, 4.69) is 22.0 Å². The second-order valence-corrected chi connectivity index (χ2v) is 10.2. The molecule has 2 N–H and O–H groups in total. The van der Waals surface area contributed by atoms with Gasteiger partial charge in [-0.05, 0) is 74.7 Å². The SMILES string of the molecule is CCOC(=O)c1ccc(-c2ccc([C@H]3C(C#N)=C(N)N(c4ccc(Br)cc4C)C4=C3C(=O)CCC4)o2)cc1. The van der Waals surface area contributed by atoms with Gasteiger partial charge in [-0.15, -0.1) is 0 Å². The fourth-order valence-corrected chi connectivity index (χ4v) is 5.64. The number of hydrogen-bond acceptors (Lipinski definition) is 7. The molecule has 7 nitrogen and oxygen atoms in total. The van der Waals surface area contributed by atoms with Crippen LogP contribution in [0.5, 0.6) is 0 Å². The summed E-state index contributed by atoms with van der Waals surface area (Å²) in [5.41, 5.74) is 11.3. The van der Waals surface area contributed by atoms with Crippen molar-refractivity contribution < 1.29 is 18.7 Å². The van der Waals surface area contributed by atoms with Gasteiger partial charge in [0.25, 0.3) is 0 Å². The van der Waals surface area contributed by atoms with Gasteiger partial charge in [-0.1, -0.05) is 28.1 Å². The number of allylic oxidation sites excluding steroid dienone is 3. The molecule has 0 bridgehead atoms. The summed E-state index contributed by atoms with van der Waals surface area (Å²) in [5, 5.41) is 10.3. The molecule has 38 heavy (non-hydrogen) atoms. The molecule has 192 valence electrons. The quantitative estimate of drug-likeness (QED) is 0.348. The molecule has 1 atom stereocenters. The average molecular weight is 572 g/mol. The predicted octanol–water partition coefficient (Wildman–Crippen LogP) is 6.50. The third-order valence-corrected chi connectivity index (χ3v) is 7.40. The van der Waals surface area contributed by atoms with E-state index in [1.165, 1.54) is 0 Å². The number of Topliss-reactive ketones (excluding diaryl/α,β-unsaturated/α-hetero) is 1. The first-order valence-corrected chi connectivity index (χ1v) is 13.2. The van der Waals surface area contributed by atoms with Crippen LogP contribution in [0.3, 0.4) is 0 Å². The van der Waals surface area contributed by atoms with Crippen molar-refractivity contribution in [1.82, 2.24) is 0 Å². The number of nitrogens with two attached hydrogens (primary N) is 1. The number of esters is 1. The molecule has 0 amide bonds. The molecule has 3 aromatic rings. The number of rotatable bonds is 5. The summed E-state index contributed by atoms with van der Waals surface area (Å²) in [6, 6.07) is 18.6. The molecule has 2 heterocycles. The topological polar surface area (TPSA) is 110 Å². The van der Waals surface area contributed by atoms with Gasteiger partial charge < -0.3 is 14.9 Å². The molecule has 0 saturated heterocycles. The zero-order valence-corrected chi connectivity index (χ0v) is 22.7. The highest BCUT2D eigenvalue weighted by atomic mass is 79.9. The molecule has 2 aliphatic rings. The third-order valence-electron chi connectivity index (χ3n) is 6.90. The van der Waals surface area contributed by atoms with Crippen molar-refractivity contribution in [3.63, 3.8) is 0 Å². The maximum Gasteiger partial charge on any atom is 0.338 e. The number of aryl methyl sites for hydroxylation is 1. The molecular formula is C30H26BrN3O4. The summed E-state index contributed by atoms with van der Waals surface area (Å²) in [4.78, 5) is 27.2. The maximum atomic E-state index is 13.4. The highest BCUT2D eigenvalue weighted by Gasteiger charge is 2.42. The van der Waals surface area contributed by atoms with E-state index in [1.54, 1.807) is 43.3 Å². The molecule has 0 unspecified atom stereocenters. The van der Waals surface area contributed by atoms with Crippen molar-refractivity contribution in [2.75, 3.05) is 11.5 Å². The lowest BCUT2D eigenvalue weighted by Gasteiger charge is -2.39. The van der Waals surface area contributed by atoms with Crippen molar-refractivity contribution in [2.24, 2.45) is 5.73 Å². The first-order valence-electron chi connectivity index (χ1n) is 12.4. The van der Waals surface area contributed by atoms with Crippen LogP contribution < -0.4 is 10.6 Å². The number of furan rings is 1. The van der Waals surface area contributed by atoms with Gasteiger partial charge in [0.2, 0.25) is 0 Å². The lowest BCUT2D eigenvalue weighted by Crippen LogP contribution is -2.39. The number of halogens is 1. The summed E-state index contributed by atoms with van der Waals surface area (Å²) in [6.07, 6.45) is 1.78. The van der Waals surface area contributed by atoms with E-state index in [4.69, 9.17) is 14.9 Å². The molecule has 2 aromatic carbocycles. The summed E-state index contributed by atoms with van der Waals surface area (Å²) in [6.45, 7) is 4.04. The molecule has 5 rings (SSSR count). The molecule has 0 radical (unpaired) electrons. The molecule has 8 heteroatoms. The Kier molecular flexibility index (Phi) is 6.96. The van der Waals surface area contributed by atoms with E-state index in [9.17, 15) is 14.9 Å². The summed E-state index contributed by atoms with van der Waals surface area (Å²) >= 11 is 3.50. The Bertz CT molecular complexity index is 1540. The van der Waals surface area contributed by atoms with Gasteiger partial charge in [0.1, 0.15) is 17.3 Å². The maximum absolute atomic E-state index is 13.4. The lowest BCUT2D eigenvalue weighted by atomic mass is 9.77. The van der Waals surface area contributed by atoms with Crippen molar-refractivity contribution >= 4 is 33.4 Å². The van der Waals surface area contributed by atoms with Crippen molar-refractivity contribution in [3.8, 4) is 17.4 Å². The molecule has 0 spiro atoms. The van der Waals surface area contributed by atoms with Crippen LogP contribution in [-0.2, 0) is 9.53 Å². The number of carbonyl (C=O) groups excluding carboxylic acids is 2. The van der Waals surface area contributed by atoms with Crippen LogP contribution in [0.2, 0.25) is 0 Å². The van der Waals surface area contributed by atoms with Crippen LogP contribution in [-0.4, -0.2) is 18.4 Å². The number of anilines is 1. The van der Waals surface area contributed by atoms with Crippen LogP contribution in [0.1, 0.15) is 53.8 Å². The minimum absolute atomic E-state index is 0.00648. The number of hydrogen-bond donors (Lipinski definition) is 1. The number of nitrogens with zero attached hydrogens (tertiary/aromatic N) is 2. The van der Waals surface area contributed by atoms with Gasteiger partial charge in [0.05, 0.1) is 35.4 Å². The summed E-state index contributed by atoms with van der Waals surface area (Å²) in [5.74, 6) is 0.247. The molecule has 1 aliphatic carbocycles. The zero-order valence-electron chi connectivity index (χ0n) is 21.1. The second-order valence-electron chi connectivity index (χ2n) is 9.25. The lowest BCUT2D eigenvalue weighted by molar-refractivity contribution is -0.116. The smallest absolute Gasteiger partial charge is 0.338 e. The highest BCUT2D eigenvalue weighted by Crippen LogP contribution is 2.47. The van der Waals surface area contributed by atoms with E-state index < -0.39 is 5.92 Å². The summed E-state index contributed by atoms with van der Waals surface area (Å²) in [7, 11) is 0. The normalized spacial score (nSPS) is 17.4. The fourth-order valence-electron chi connectivity index (χ4n) is 5.16. The second kappa shape index (κ2) is 10.3. The third kappa shape index (κ3) is 4.44. The molecule has 1 aromatic heterocycles. The van der Waals surface area contributed by atoms with Crippen molar-refractivity contribution in [1.29, 1.82) is 5.26 Å². The Balaban J connectivity index is 1.58. The molecule has 0 saturated carbocycles. The van der Waals surface area contributed by atoms with E-state index in [0.717, 1.165) is 27.0 Å². The Morgan fingerprint density at radius 2 is 1.95 bits per heavy atom. The van der Waals surface area contributed by atoms with E-state index in [-0.39, 0.29) is 17.3 Å². The number of benzene rings is 2. The summed E-state index contributed by atoms with van der Waals surface area (Å²) < 4.78 is 12.2. The minimum atomic E-state index is -0.692. The Morgan fingerprint density at radius 1 is 1.18 bits per heavy atom. The number of carbonyl (C=O) groups is 2. The Labute approximate surface area is 229 Å². The first-order chi connectivity index (χ1) is 18.3. The van der Waals surface area contributed by atoms with Crippen molar-refractivity contribution in [3.05, 3.63) is 98.6 Å². The van der Waals surface area contributed by atoms with E-state index >= 15 is 0 Å². The van der Waals surface area contributed by atoms with Crippen LogP contribution in [0, 0.1) is 18.3 Å². The standard InChI is InChI=1S/C30H26BrN3O4/c1-3-37-30(36)19-9-7-18(8-10-19)25-13-14-26(38-25)27-21(16-32)29(33)34(22-12-11-20(31)15-17(22)2)23-5-4-6-24(35)28(23)27/h7-15,27H,3-6,33H2,1-2H3/t27-/m1/s1. The van der Waals surface area contributed by atoms with Crippen LogP contribution >= 0.6 is 15.9 Å².